The van der Waals surface area contributed by atoms with Gasteiger partial charge in [-0.05, 0) is 55.8 Å². The maximum absolute atomic E-state index is 6.93. The summed E-state index contributed by atoms with van der Waals surface area (Å²) in [5.74, 6) is 1.09. The standard InChI is InChI=1S/C23H44O2/c1-17-11-13-18(14-12-17)21(8,9)25-23(16-24-23)22(10,20(5,6)7)15-19(2,3)4/h17-18H,11-16H2,1-10H3. The van der Waals surface area contributed by atoms with Crippen molar-refractivity contribution < 1.29 is 9.47 Å². The number of hydrogen-bond acceptors (Lipinski definition) is 2. The van der Waals surface area contributed by atoms with Crippen molar-refractivity contribution in [1.29, 1.82) is 0 Å². The van der Waals surface area contributed by atoms with Crippen LogP contribution in [0.1, 0.15) is 101 Å². The van der Waals surface area contributed by atoms with Gasteiger partial charge in [0.25, 0.3) is 0 Å². The van der Waals surface area contributed by atoms with E-state index in [0.29, 0.717) is 5.92 Å². The Morgan fingerprint density at radius 1 is 0.880 bits per heavy atom. The normalized spacial score (nSPS) is 33.8. The van der Waals surface area contributed by atoms with E-state index in [-0.39, 0.29) is 21.8 Å². The lowest BCUT2D eigenvalue weighted by Gasteiger charge is -2.52. The molecule has 1 saturated carbocycles. The predicted octanol–water partition coefficient (Wildman–Crippen LogP) is 6.82. The van der Waals surface area contributed by atoms with E-state index in [4.69, 9.17) is 9.47 Å². The quantitative estimate of drug-likeness (QED) is 0.506. The zero-order chi connectivity index (χ0) is 19.3. The van der Waals surface area contributed by atoms with Gasteiger partial charge < -0.3 is 9.47 Å². The molecule has 0 N–H and O–H groups in total. The van der Waals surface area contributed by atoms with Gasteiger partial charge in [0.05, 0.1) is 5.60 Å². The van der Waals surface area contributed by atoms with Gasteiger partial charge in [-0.15, -0.1) is 0 Å². The average molecular weight is 353 g/mol. The Labute approximate surface area is 157 Å². The van der Waals surface area contributed by atoms with Crippen molar-refractivity contribution >= 4 is 0 Å². The third-order valence-electron chi connectivity index (χ3n) is 7.21. The van der Waals surface area contributed by atoms with E-state index in [1.807, 2.05) is 0 Å². The maximum Gasteiger partial charge on any atom is 0.198 e. The molecule has 1 saturated heterocycles. The van der Waals surface area contributed by atoms with Crippen molar-refractivity contribution in [3.05, 3.63) is 0 Å². The van der Waals surface area contributed by atoms with Crippen LogP contribution >= 0.6 is 0 Å². The topological polar surface area (TPSA) is 21.8 Å². The lowest BCUT2D eigenvalue weighted by Crippen LogP contribution is -2.54. The van der Waals surface area contributed by atoms with E-state index in [9.17, 15) is 0 Å². The molecule has 2 aliphatic rings. The molecule has 2 nitrogen and oxygen atoms in total. The minimum atomic E-state index is -0.426. The molecule has 2 heteroatoms. The summed E-state index contributed by atoms with van der Waals surface area (Å²) in [5, 5.41) is 0. The number of epoxide rings is 1. The molecule has 0 aromatic carbocycles. The third kappa shape index (κ3) is 4.43. The highest BCUT2D eigenvalue weighted by Gasteiger charge is 2.67. The van der Waals surface area contributed by atoms with Crippen LogP contribution in [0.15, 0.2) is 0 Å². The Morgan fingerprint density at radius 3 is 1.72 bits per heavy atom. The minimum absolute atomic E-state index is 0.0164. The SMILES string of the molecule is CC1CCC(C(C)(C)OC2(C(C)(CC(C)(C)C)C(C)(C)C)CO2)CC1. The molecule has 0 radical (unpaired) electrons. The highest BCUT2D eigenvalue weighted by atomic mass is 16.8. The van der Waals surface area contributed by atoms with Gasteiger partial charge >= 0.3 is 0 Å². The zero-order valence-corrected chi connectivity index (χ0v) is 18.7. The van der Waals surface area contributed by atoms with E-state index in [1.165, 1.54) is 25.7 Å². The van der Waals surface area contributed by atoms with Crippen LogP contribution in [0.3, 0.4) is 0 Å². The lowest BCUT2D eigenvalue weighted by molar-refractivity contribution is -0.241. The Morgan fingerprint density at radius 2 is 1.36 bits per heavy atom. The fraction of sp³-hybridized carbons (Fsp3) is 1.00. The molecule has 0 spiro atoms. The van der Waals surface area contributed by atoms with Crippen LogP contribution in [-0.4, -0.2) is 18.0 Å². The molecule has 2 fully saturated rings. The van der Waals surface area contributed by atoms with Crippen molar-refractivity contribution in [2.24, 2.45) is 28.1 Å². The largest absolute Gasteiger partial charge is 0.342 e. The highest BCUT2D eigenvalue weighted by Crippen LogP contribution is 2.61. The Kier molecular flexibility index (Phi) is 5.53. The summed E-state index contributed by atoms with van der Waals surface area (Å²) in [6.07, 6.45) is 6.35. The number of ether oxygens (including phenoxy) is 2. The van der Waals surface area contributed by atoms with Crippen molar-refractivity contribution in [2.75, 3.05) is 6.61 Å². The molecule has 2 rings (SSSR count). The molecule has 25 heavy (non-hydrogen) atoms. The van der Waals surface area contributed by atoms with Crippen LogP contribution in [0.25, 0.3) is 0 Å². The monoisotopic (exact) mass is 352 g/mol. The van der Waals surface area contributed by atoms with Crippen molar-refractivity contribution in [2.45, 2.75) is 113 Å². The zero-order valence-electron chi connectivity index (χ0n) is 18.7. The first-order valence-corrected chi connectivity index (χ1v) is 10.5. The smallest absolute Gasteiger partial charge is 0.198 e. The van der Waals surface area contributed by atoms with Gasteiger partial charge in [-0.1, -0.05) is 68.2 Å². The Balaban J connectivity index is 2.23. The molecule has 1 heterocycles. The predicted molar refractivity (Wildman–Crippen MR) is 107 cm³/mol. The summed E-state index contributed by atoms with van der Waals surface area (Å²) in [7, 11) is 0. The molecule has 0 aromatic rings. The van der Waals surface area contributed by atoms with Gasteiger partial charge in [0, 0.05) is 5.41 Å². The molecular formula is C23H44O2. The average Bonchev–Trinajstić information content (AvgIpc) is 3.16. The second-order valence-electron chi connectivity index (χ2n) is 12.0. The van der Waals surface area contributed by atoms with Crippen LogP contribution in [0.2, 0.25) is 0 Å². The lowest BCUT2D eigenvalue weighted by atomic mass is 9.58. The Bertz CT molecular complexity index is 453. The second-order valence-corrected chi connectivity index (χ2v) is 12.0. The van der Waals surface area contributed by atoms with Crippen molar-refractivity contribution in [3.8, 4) is 0 Å². The second kappa shape index (κ2) is 6.51. The van der Waals surface area contributed by atoms with Gasteiger partial charge in [-0.3, -0.25) is 0 Å². The molecule has 0 bridgehead atoms. The van der Waals surface area contributed by atoms with Crippen LogP contribution in [0, 0.1) is 28.1 Å². The third-order valence-corrected chi connectivity index (χ3v) is 7.21. The van der Waals surface area contributed by atoms with Crippen molar-refractivity contribution in [3.63, 3.8) is 0 Å². The molecule has 1 aliphatic heterocycles. The van der Waals surface area contributed by atoms with E-state index in [1.54, 1.807) is 0 Å². The van der Waals surface area contributed by atoms with Gasteiger partial charge in [0.2, 0.25) is 0 Å². The minimum Gasteiger partial charge on any atom is -0.342 e. The summed E-state index contributed by atoms with van der Waals surface area (Å²) < 4.78 is 13.1. The van der Waals surface area contributed by atoms with Gasteiger partial charge in [0.15, 0.2) is 5.79 Å². The molecule has 148 valence electrons. The van der Waals surface area contributed by atoms with E-state index in [0.717, 1.165) is 18.9 Å². The maximum atomic E-state index is 6.93. The first kappa shape index (κ1) is 21.2. The van der Waals surface area contributed by atoms with E-state index >= 15 is 0 Å². The van der Waals surface area contributed by atoms with Crippen LogP contribution in [0.5, 0.6) is 0 Å². The summed E-state index contributed by atoms with van der Waals surface area (Å²) >= 11 is 0. The van der Waals surface area contributed by atoms with E-state index < -0.39 is 5.79 Å². The highest BCUT2D eigenvalue weighted by molar-refractivity contribution is 5.08. The Hall–Kier alpha value is -0.0800. The summed E-state index contributed by atoms with van der Waals surface area (Å²) in [6.45, 7) is 24.2. The molecule has 0 aromatic heterocycles. The van der Waals surface area contributed by atoms with Gasteiger partial charge in [-0.2, -0.15) is 0 Å². The van der Waals surface area contributed by atoms with Crippen LogP contribution in [-0.2, 0) is 9.47 Å². The first-order chi connectivity index (χ1) is 11.1. The fourth-order valence-electron chi connectivity index (χ4n) is 5.05. The summed E-state index contributed by atoms with van der Waals surface area (Å²) in [4.78, 5) is 0. The number of rotatable bonds is 5. The molecule has 1 aliphatic carbocycles. The first-order valence-electron chi connectivity index (χ1n) is 10.5. The molecule has 2 atom stereocenters. The van der Waals surface area contributed by atoms with Gasteiger partial charge in [0.1, 0.15) is 6.61 Å². The summed E-state index contributed by atoms with van der Waals surface area (Å²) in [5.41, 5.74) is 0.223. The number of hydrogen-bond donors (Lipinski definition) is 0. The molecule has 2 unspecified atom stereocenters. The van der Waals surface area contributed by atoms with Crippen molar-refractivity contribution in [1.82, 2.24) is 0 Å². The van der Waals surface area contributed by atoms with Gasteiger partial charge in [-0.25, -0.2) is 0 Å². The fourth-order valence-corrected chi connectivity index (χ4v) is 5.05. The molecular weight excluding hydrogens is 308 g/mol. The molecule has 0 amide bonds. The van der Waals surface area contributed by atoms with Crippen LogP contribution < -0.4 is 0 Å². The van der Waals surface area contributed by atoms with Crippen LogP contribution in [0.4, 0.5) is 0 Å². The van der Waals surface area contributed by atoms with E-state index in [2.05, 4.69) is 69.2 Å². The summed E-state index contributed by atoms with van der Waals surface area (Å²) in [6, 6.07) is 0.